The molecule has 0 spiro atoms. The highest BCUT2D eigenvalue weighted by atomic mass is 32.2. The van der Waals surface area contributed by atoms with E-state index in [4.69, 9.17) is 9.52 Å². The van der Waals surface area contributed by atoms with Gasteiger partial charge in [0.05, 0.1) is 12.3 Å². The predicted molar refractivity (Wildman–Crippen MR) is 76.4 cm³/mol. The van der Waals surface area contributed by atoms with Gasteiger partial charge in [0.25, 0.3) is 0 Å². The van der Waals surface area contributed by atoms with Crippen LogP contribution in [0.15, 0.2) is 46.9 Å². The molecule has 0 aliphatic rings. The predicted octanol–water partition coefficient (Wildman–Crippen LogP) is 1.64. The van der Waals surface area contributed by atoms with Crippen molar-refractivity contribution in [2.24, 2.45) is 0 Å². The molecular weight excluding hydrogens is 294 g/mol. The van der Waals surface area contributed by atoms with Crippen LogP contribution in [0.1, 0.15) is 21.9 Å². The van der Waals surface area contributed by atoms with E-state index < -0.39 is 16.0 Å². The molecule has 1 aromatic heterocycles. The number of sulfonamides is 1. The lowest BCUT2D eigenvalue weighted by Gasteiger charge is -2.05. The SMILES string of the molecule is O=C(O)c1ccc(CNS(=O)(=O)CCc2ccccc2)o1. The molecule has 112 valence electrons. The van der Waals surface area contributed by atoms with Gasteiger partial charge in [0.1, 0.15) is 5.76 Å². The van der Waals surface area contributed by atoms with Gasteiger partial charge < -0.3 is 9.52 Å². The molecule has 0 saturated carbocycles. The molecule has 2 N–H and O–H groups in total. The summed E-state index contributed by atoms with van der Waals surface area (Å²) in [6.07, 6.45) is 0.411. The fourth-order valence-electron chi connectivity index (χ4n) is 1.74. The first-order valence-corrected chi connectivity index (χ1v) is 7.95. The van der Waals surface area contributed by atoms with Crippen LogP contribution in [0.2, 0.25) is 0 Å². The van der Waals surface area contributed by atoms with Crippen LogP contribution in [0, 0.1) is 0 Å². The van der Waals surface area contributed by atoms with Crippen LogP contribution in [0.5, 0.6) is 0 Å². The van der Waals surface area contributed by atoms with Gasteiger partial charge in [0.2, 0.25) is 15.8 Å². The summed E-state index contributed by atoms with van der Waals surface area (Å²) in [5, 5.41) is 8.70. The lowest BCUT2D eigenvalue weighted by molar-refractivity contribution is 0.0660. The van der Waals surface area contributed by atoms with Gasteiger partial charge in [-0.05, 0) is 24.1 Å². The monoisotopic (exact) mass is 309 g/mol. The van der Waals surface area contributed by atoms with Crippen LogP contribution in [0.3, 0.4) is 0 Å². The number of nitrogens with one attached hydrogen (secondary N) is 1. The number of rotatable bonds is 7. The number of carboxylic acid groups (broad SMARTS) is 1. The summed E-state index contributed by atoms with van der Waals surface area (Å²) in [5.41, 5.74) is 0.939. The third kappa shape index (κ3) is 4.73. The third-order valence-corrected chi connectivity index (χ3v) is 4.17. The van der Waals surface area contributed by atoms with Crippen molar-refractivity contribution in [3.63, 3.8) is 0 Å². The summed E-state index contributed by atoms with van der Waals surface area (Å²) in [5.74, 6) is -1.18. The fourth-order valence-corrected chi connectivity index (χ4v) is 2.75. The first-order chi connectivity index (χ1) is 9.96. The van der Waals surface area contributed by atoms with E-state index in [-0.39, 0.29) is 23.8 Å². The summed E-state index contributed by atoms with van der Waals surface area (Å²) in [6.45, 7) is -0.0651. The summed E-state index contributed by atoms with van der Waals surface area (Å²) in [7, 11) is -3.45. The van der Waals surface area contributed by atoms with Crippen LogP contribution in [-0.2, 0) is 23.0 Å². The average Bonchev–Trinajstić information content (AvgIpc) is 2.94. The maximum atomic E-state index is 11.8. The zero-order chi connectivity index (χ0) is 15.3. The topological polar surface area (TPSA) is 96.6 Å². The van der Waals surface area contributed by atoms with Crippen molar-refractivity contribution in [2.45, 2.75) is 13.0 Å². The minimum absolute atomic E-state index is 0.0382. The van der Waals surface area contributed by atoms with Crippen LogP contribution >= 0.6 is 0 Å². The van der Waals surface area contributed by atoms with Gasteiger partial charge in [0.15, 0.2) is 0 Å². The van der Waals surface area contributed by atoms with Crippen molar-refractivity contribution in [2.75, 3.05) is 5.75 Å². The van der Waals surface area contributed by atoms with Crippen molar-refractivity contribution < 1.29 is 22.7 Å². The number of furan rings is 1. The summed E-state index contributed by atoms with van der Waals surface area (Å²) in [4.78, 5) is 10.6. The Morgan fingerprint density at radius 1 is 1.14 bits per heavy atom. The van der Waals surface area contributed by atoms with E-state index in [1.54, 1.807) is 0 Å². The van der Waals surface area contributed by atoms with Crippen LogP contribution in [0.4, 0.5) is 0 Å². The van der Waals surface area contributed by atoms with E-state index in [2.05, 4.69) is 4.72 Å². The number of hydrogen-bond acceptors (Lipinski definition) is 4. The van der Waals surface area contributed by atoms with Gasteiger partial charge in [-0.1, -0.05) is 30.3 Å². The summed E-state index contributed by atoms with van der Waals surface area (Å²) < 4.78 is 31.1. The molecule has 0 amide bonds. The van der Waals surface area contributed by atoms with Gasteiger partial charge in [-0.2, -0.15) is 0 Å². The minimum Gasteiger partial charge on any atom is -0.475 e. The Hall–Kier alpha value is -2.12. The van der Waals surface area contributed by atoms with Crippen LogP contribution in [0.25, 0.3) is 0 Å². The van der Waals surface area contributed by atoms with Gasteiger partial charge in [-0.15, -0.1) is 0 Å². The number of carbonyl (C=O) groups is 1. The molecule has 2 rings (SSSR count). The van der Waals surface area contributed by atoms with Crippen molar-refractivity contribution >= 4 is 16.0 Å². The molecule has 0 fully saturated rings. The Morgan fingerprint density at radius 3 is 2.48 bits per heavy atom. The maximum absolute atomic E-state index is 11.8. The molecule has 2 aromatic rings. The molecule has 21 heavy (non-hydrogen) atoms. The van der Waals surface area contributed by atoms with E-state index in [1.807, 2.05) is 30.3 Å². The number of aromatic carboxylic acids is 1. The molecule has 0 bridgehead atoms. The zero-order valence-corrected chi connectivity index (χ0v) is 12.0. The molecule has 0 aliphatic heterocycles. The molecule has 7 heteroatoms. The second-order valence-corrected chi connectivity index (χ2v) is 6.37. The van der Waals surface area contributed by atoms with Gasteiger partial charge in [-0.3, -0.25) is 0 Å². The Balaban J connectivity index is 1.87. The molecule has 1 heterocycles. The standard InChI is InChI=1S/C14H15NO5S/c16-14(17)13-7-6-12(20-13)10-15-21(18,19)9-8-11-4-2-1-3-5-11/h1-7,15H,8-10H2,(H,16,17). The first kappa shape index (κ1) is 15.3. The molecular formula is C14H15NO5S. The highest BCUT2D eigenvalue weighted by molar-refractivity contribution is 7.89. The number of benzene rings is 1. The molecule has 6 nitrogen and oxygen atoms in total. The average molecular weight is 309 g/mol. The van der Waals surface area contributed by atoms with E-state index in [1.165, 1.54) is 12.1 Å². The quantitative estimate of drug-likeness (QED) is 0.810. The second kappa shape index (κ2) is 6.55. The molecule has 0 atom stereocenters. The van der Waals surface area contributed by atoms with Crippen molar-refractivity contribution in [3.8, 4) is 0 Å². The highest BCUT2D eigenvalue weighted by Gasteiger charge is 2.13. The minimum atomic E-state index is -3.45. The van der Waals surface area contributed by atoms with Crippen LogP contribution < -0.4 is 4.72 Å². The second-order valence-electron chi connectivity index (χ2n) is 4.45. The zero-order valence-electron chi connectivity index (χ0n) is 11.2. The Kier molecular flexibility index (Phi) is 4.77. The number of carboxylic acids is 1. The first-order valence-electron chi connectivity index (χ1n) is 6.29. The van der Waals surface area contributed by atoms with E-state index in [0.29, 0.717) is 6.42 Å². The Bertz CT molecular complexity index is 706. The van der Waals surface area contributed by atoms with Gasteiger partial charge in [-0.25, -0.2) is 17.9 Å². The normalized spacial score (nSPS) is 11.4. The van der Waals surface area contributed by atoms with E-state index in [0.717, 1.165) is 5.56 Å². The lowest BCUT2D eigenvalue weighted by Crippen LogP contribution is -2.26. The van der Waals surface area contributed by atoms with Crippen molar-refractivity contribution in [1.29, 1.82) is 0 Å². The van der Waals surface area contributed by atoms with E-state index in [9.17, 15) is 13.2 Å². The molecule has 0 radical (unpaired) electrons. The molecule has 0 saturated heterocycles. The summed E-state index contributed by atoms with van der Waals surface area (Å²) >= 11 is 0. The molecule has 0 unspecified atom stereocenters. The largest absolute Gasteiger partial charge is 0.475 e. The third-order valence-electron chi connectivity index (χ3n) is 2.84. The summed E-state index contributed by atoms with van der Waals surface area (Å²) in [6, 6.07) is 12.0. The Morgan fingerprint density at radius 2 is 1.86 bits per heavy atom. The maximum Gasteiger partial charge on any atom is 0.371 e. The van der Waals surface area contributed by atoms with Gasteiger partial charge in [0, 0.05) is 0 Å². The van der Waals surface area contributed by atoms with Crippen LogP contribution in [-0.4, -0.2) is 25.2 Å². The molecule has 0 aliphatic carbocycles. The van der Waals surface area contributed by atoms with E-state index >= 15 is 0 Å². The molecule has 1 aromatic carbocycles. The van der Waals surface area contributed by atoms with Crippen molar-refractivity contribution in [1.82, 2.24) is 4.72 Å². The van der Waals surface area contributed by atoms with Crippen molar-refractivity contribution in [3.05, 3.63) is 59.5 Å². The number of aryl methyl sites for hydroxylation is 1. The fraction of sp³-hybridized carbons (Fsp3) is 0.214. The Labute approximate surface area is 122 Å². The highest BCUT2D eigenvalue weighted by Crippen LogP contribution is 2.08. The smallest absolute Gasteiger partial charge is 0.371 e. The van der Waals surface area contributed by atoms with Gasteiger partial charge >= 0.3 is 5.97 Å². The number of hydrogen-bond donors (Lipinski definition) is 2. The lowest BCUT2D eigenvalue weighted by atomic mass is 10.2.